The lowest BCUT2D eigenvalue weighted by molar-refractivity contribution is -0.00395. The molecule has 5 heteroatoms. The van der Waals surface area contributed by atoms with Gasteiger partial charge in [0.05, 0.1) is 17.3 Å². The summed E-state index contributed by atoms with van der Waals surface area (Å²) < 4.78 is 5.56. The van der Waals surface area contributed by atoms with E-state index in [-0.39, 0.29) is 11.2 Å². The zero-order valence-electron chi connectivity index (χ0n) is 9.87. The van der Waals surface area contributed by atoms with Crippen molar-refractivity contribution in [3.63, 3.8) is 0 Å². The topological polar surface area (TPSA) is 55.0 Å². The highest BCUT2D eigenvalue weighted by molar-refractivity contribution is 7.18. The summed E-state index contributed by atoms with van der Waals surface area (Å²) in [6, 6.07) is 0. The van der Waals surface area contributed by atoms with E-state index < -0.39 is 0 Å². The van der Waals surface area contributed by atoms with Crippen LogP contribution in [-0.4, -0.2) is 22.7 Å². The molecule has 1 unspecified atom stereocenters. The minimum Gasteiger partial charge on any atom is -0.378 e. The molecule has 2 aromatic rings. The molecule has 0 aliphatic heterocycles. The molecule has 2 aromatic heterocycles. The van der Waals surface area contributed by atoms with E-state index >= 15 is 0 Å². The first kappa shape index (κ1) is 10.9. The van der Waals surface area contributed by atoms with E-state index in [1.807, 2.05) is 0 Å². The van der Waals surface area contributed by atoms with E-state index in [0.29, 0.717) is 0 Å². The maximum atomic E-state index is 11.8. The Morgan fingerprint density at radius 3 is 3.18 bits per heavy atom. The van der Waals surface area contributed by atoms with Gasteiger partial charge in [-0.15, -0.1) is 11.3 Å². The molecule has 0 saturated carbocycles. The fourth-order valence-electron chi connectivity index (χ4n) is 2.44. The summed E-state index contributed by atoms with van der Waals surface area (Å²) in [6.45, 7) is 2.12. The third kappa shape index (κ3) is 1.61. The monoisotopic (exact) mass is 250 g/mol. The first-order chi connectivity index (χ1) is 8.13. The van der Waals surface area contributed by atoms with Crippen molar-refractivity contribution in [1.29, 1.82) is 0 Å². The molecule has 90 valence electrons. The highest BCUT2D eigenvalue weighted by Gasteiger charge is 2.32. The van der Waals surface area contributed by atoms with Crippen LogP contribution in [0.1, 0.15) is 23.8 Å². The van der Waals surface area contributed by atoms with Crippen LogP contribution < -0.4 is 5.56 Å². The first-order valence-electron chi connectivity index (χ1n) is 5.66. The van der Waals surface area contributed by atoms with Gasteiger partial charge in [-0.25, -0.2) is 4.98 Å². The minimum absolute atomic E-state index is 0.0199. The molecule has 3 rings (SSSR count). The lowest BCUT2D eigenvalue weighted by atomic mass is 9.85. The lowest BCUT2D eigenvalue weighted by Gasteiger charge is -2.31. The predicted octanol–water partition coefficient (Wildman–Crippen LogP) is 1.88. The van der Waals surface area contributed by atoms with Crippen molar-refractivity contribution in [3.8, 4) is 0 Å². The van der Waals surface area contributed by atoms with Crippen LogP contribution in [0.5, 0.6) is 0 Å². The molecule has 0 bridgehead atoms. The molecule has 0 spiro atoms. The molecule has 0 aromatic carbocycles. The number of ether oxygens (including phenoxy) is 1. The van der Waals surface area contributed by atoms with Gasteiger partial charge >= 0.3 is 0 Å². The molecule has 1 atom stereocenters. The van der Waals surface area contributed by atoms with E-state index in [4.69, 9.17) is 4.74 Å². The third-order valence-electron chi connectivity index (χ3n) is 3.61. The number of aromatic nitrogens is 2. The fourth-order valence-corrected chi connectivity index (χ4v) is 3.81. The molecule has 0 fully saturated rings. The van der Waals surface area contributed by atoms with Gasteiger partial charge in [-0.1, -0.05) is 0 Å². The molecule has 4 nitrogen and oxygen atoms in total. The van der Waals surface area contributed by atoms with E-state index in [0.717, 1.165) is 29.5 Å². The average molecular weight is 250 g/mol. The van der Waals surface area contributed by atoms with E-state index in [1.54, 1.807) is 18.4 Å². The number of fused-ring (bicyclic) bond motifs is 3. The number of rotatable bonds is 1. The summed E-state index contributed by atoms with van der Waals surface area (Å²) in [5.41, 5.74) is 1.06. The smallest absolute Gasteiger partial charge is 0.259 e. The van der Waals surface area contributed by atoms with Gasteiger partial charge < -0.3 is 9.72 Å². The Kier molecular flexibility index (Phi) is 2.34. The molecule has 0 radical (unpaired) electrons. The van der Waals surface area contributed by atoms with Crippen molar-refractivity contribution < 1.29 is 4.74 Å². The first-order valence-corrected chi connectivity index (χ1v) is 6.48. The summed E-state index contributed by atoms with van der Waals surface area (Å²) in [5.74, 6) is 0. The fraction of sp³-hybridized carbons (Fsp3) is 0.500. The number of hydrogen-bond donors (Lipinski definition) is 1. The number of methoxy groups -OCH3 is 1. The number of H-pyrrole nitrogens is 1. The Morgan fingerprint density at radius 2 is 2.41 bits per heavy atom. The van der Waals surface area contributed by atoms with Gasteiger partial charge in [0.25, 0.3) is 5.56 Å². The molecule has 1 aliphatic carbocycles. The minimum atomic E-state index is -0.0966. The van der Waals surface area contributed by atoms with E-state index in [9.17, 15) is 4.79 Å². The van der Waals surface area contributed by atoms with Crippen molar-refractivity contribution in [2.24, 2.45) is 0 Å². The zero-order chi connectivity index (χ0) is 12.0. The average Bonchev–Trinajstić information content (AvgIpc) is 2.67. The van der Waals surface area contributed by atoms with Gasteiger partial charge in [-0.2, -0.15) is 0 Å². The normalized spacial score (nSPS) is 23.9. The number of aromatic amines is 1. The van der Waals surface area contributed by atoms with Gasteiger partial charge in [0, 0.05) is 18.4 Å². The molecule has 0 amide bonds. The Hall–Kier alpha value is -1.20. The van der Waals surface area contributed by atoms with Gasteiger partial charge in [0.2, 0.25) is 0 Å². The van der Waals surface area contributed by atoms with Crippen LogP contribution in [-0.2, 0) is 17.6 Å². The Morgan fingerprint density at radius 1 is 1.59 bits per heavy atom. The van der Waals surface area contributed by atoms with E-state index in [2.05, 4.69) is 16.9 Å². The molecular formula is C12H14N2O2S. The van der Waals surface area contributed by atoms with Crippen LogP contribution >= 0.6 is 11.3 Å². The van der Waals surface area contributed by atoms with Gasteiger partial charge in [0.15, 0.2) is 0 Å². The van der Waals surface area contributed by atoms with Crippen molar-refractivity contribution in [1.82, 2.24) is 9.97 Å². The number of nitrogens with one attached hydrogen (secondary N) is 1. The van der Waals surface area contributed by atoms with Crippen molar-refractivity contribution >= 4 is 21.6 Å². The Bertz CT molecular complexity index is 631. The molecular weight excluding hydrogens is 236 g/mol. The van der Waals surface area contributed by atoms with Crippen LogP contribution in [0.2, 0.25) is 0 Å². The number of hydrogen-bond acceptors (Lipinski definition) is 4. The quantitative estimate of drug-likeness (QED) is 0.840. The largest absolute Gasteiger partial charge is 0.378 e. The van der Waals surface area contributed by atoms with Gasteiger partial charge in [-0.3, -0.25) is 4.79 Å². The van der Waals surface area contributed by atoms with Crippen LogP contribution in [0.25, 0.3) is 10.2 Å². The molecule has 1 N–H and O–H groups in total. The van der Waals surface area contributed by atoms with Crippen LogP contribution in [0.3, 0.4) is 0 Å². The van der Waals surface area contributed by atoms with Crippen LogP contribution in [0.4, 0.5) is 0 Å². The predicted molar refractivity (Wildman–Crippen MR) is 67.7 cm³/mol. The van der Waals surface area contributed by atoms with Crippen LogP contribution in [0.15, 0.2) is 11.1 Å². The maximum Gasteiger partial charge on any atom is 0.259 e. The second-order valence-electron chi connectivity index (χ2n) is 4.75. The molecule has 17 heavy (non-hydrogen) atoms. The summed E-state index contributed by atoms with van der Waals surface area (Å²) in [6.07, 6.45) is 4.20. The van der Waals surface area contributed by atoms with Crippen molar-refractivity contribution in [3.05, 3.63) is 27.1 Å². The van der Waals surface area contributed by atoms with Gasteiger partial charge in [0.1, 0.15) is 4.83 Å². The number of thiophene rings is 1. The standard InChI is InChI=1S/C12H14N2O2S/c1-12(16-2)4-3-7-8(5-12)17-11-9(7)10(15)13-6-14-11/h6H,3-5H2,1-2H3,(H,13,14,15). The SMILES string of the molecule is COC1(C)CCc2c(sc3nc[nH]c(=O)c23)C1. The number of nitrogens with zero attached hydrogens (tertiary/aromatic N) is 1. The second-order valence-corrected chi connectivity index (χ2v) is 5.83. The summed E-state index contributed by atoms with van der Waals surface area (Å²) in [7, 11) is 1.75. The highest BCUT2D eigenvalue weighted by atomic mass is 32.1. The molecule has 1 aliphatic rings. The van der Waals surface area contributed by atoms with Crippen LogP contribution in [0, 0.1) is 0 Å². The highest BCUT2D eigenvalue weighted by Crippen LogP contribution is 2.38. The molecule has 0 saturated heterocycles. The summed E-state index contributed by atoms with van der Waals surface area (Å²) in [4.78, 5) is 20.8. The third-order valence-corrected chi connectivity index (χ3v) is 4.75. The van der Waals surface area contributed by atoms with Crippen molar-refractivity contribution in [2.45, 2.75) is 31.8 Å². The van der Waals surface area contributed by atoms with Crippen molar-refractivity contribution in [2.75, 3.05) is 7.11 Å². The van der Waals surface area contributed by atoms with Gasteiger partial charge in [-0.05, 0) is 25.3 Å². The van der Waals surface area contributed by atoms with E-state index in [1.165, 1.54) is 16.8 Å². The maximum absolute atomic E-state index is 11.8. The second kappa shape index (κ2) is 3.65. The zero-order valence-corrected chi connectivity index (χ0v) is 10.7. The Labute approximate surface area is 103 Å². The number of aryl methyl sites for hydroxylation is 1. The summed E-state index contributed by atoms with van der Waals surface area (Å²) >= 11 is 1.62. The lowest BCUT2D eigenvalue weighted by Crippen LogP contribution is -2.34. The Balaban J connectivity index is 2.21. The summed E-state index contributed by atoms with van der Waals surface area (Å²) in [5, 5.41) is 0.783. The molecule has 2 heterocycles.